The first-order chi connectivity index (χ1) is 7.22. The largest absolute Gasteiger partial charge is 0.396 e. The Morgan fingerprint density at radius 3 is 3.00 bits per heavy atom. The summed E-state index contributed by atoms with van der Waals surface area (Å²) in [6.45, 7) is 1.33. The third-order valence-electron chi connectivity index (χ3n) is 2.50. The van der Waals surface area contributed by atoms with Crippen LogP contribution in [-0.4, -0.2) is 40.6 Å². The van der Waals surface area contributed by atoms with E-state index in [1.807, 2.05) is 0 Å². The number of hydrogen-bond acceptors (Lipinski definition) is 3. The van der Waals surface area contributed by atoms with Crippen LogP contribution in [0.4, 0.5) is 0 Å². The predicted octanol–water partition coefficient (Wildman–Crippen LogP) is 0.799. The van der Waals surface area contributed by atoms with Gasteiger partial charge < -0.3 is 10.0 Å². The van der Waals surface area contributed by atoms with Gasteiger partial charge in [0.15, 0.2) is 0 Å². The number of nitrogens with zero attached hydrogens (tertiary/aromatic N) is 2. The van der Waals surface area contributed by atoms with E-state index >= 15 is 0 Å². The average molecular weight is 227 g/mol. The molecular formula is C10H11ClN2O2. The first-order valence-corrected chi connectivity index (χ1v) is 5.10. The number of likely N-dealkylation sites (tertiary alicyclic amines) is 1. The van der Waals surface area contributed by atoms with Gasteiger partial charge in [-0.2, -0.15) is 0 Å². The van der Waals surface area contributed by atoms with Gasteiger partial charge >= 0.3 is 0 Å². The monoisotopic (exact) mass is 226 g/mol. The highest BCUT2D eigenvalue weighted by Gasteiger charge is 2.31. The Labute approximate surface area is 92.5 Å². The van der Waals surface area contributed by atoms with Crippen LogP contribution in [0.3, 0.4) is 0 Å². The Morgan fingerprint density at radius 2 is 2.40 bits per heavy atom. The topological polar surface area (TPSA) is 53.4 Å². The molecule has 80 valence electrons. The van der Waals surface area contributed by atoms with Crippen LogP contribution >= 0.6 is 11.6 Å². The molecule has 15 heavy (non-hydrogen) atoms. The molecule has 0 aliphatic carbocycles. The zero-order valence-electron chi connectivity index (χ0n) is 8.06. The molecule has 2 heterocycles. The number of pyridine rings is 1. The minimum Gasteiger partial charge on any atom is -0.396 e. The van der Waals surface area contributed by atoms with Gasteiger partial charge in [-0.1, -0.05) is 11.6 Å². The van der Waals surface area contributed by atoms with E-state index in [1.54, 1.807) is 17.2 Å². The van der Waals surface area contributed by atoms with E-state index in [0.29, 0.717) is 23.7 Å². The van der Waals surface area contributed by atoms with Crippen molar-refractivity contribution in [3.63, 3.8) is 0 Å². The minimum atomic E-state index is -0.113. The standard InChI is InChI=1S/C10H11ClN2O2/c11-9-1-2-12-3-8(9)10(15)13-4-7(5-13)6-14/h1-3,7,14H,4-6H2. The summed E-state index contributed by atoms with van der Waals surface area (Å²) in [5, 5.41) is 9.25. The summed E-state index contributed by atoms with van der Waals surface area (Å²) in [5.74, 6) is 0.0993. The maximum absolute atomic E-state index is 11.8. The number of halogens is 1. The van der Waals surface area contributed by atoms with Crippen molar-refractivity contribution >= 4 is 17.5 Å². The molecule has 1 aliphatic rings. The Bertz CT molecular complexity index is 377. The summed E-state index contributed by atoms with van der Waals surface area (Å²) >= 11 is 5.88. The Kier molecular flexibility index (Phi) is 2.88. The zero-order chi connectivity index (χ0) is 10.8. The normalized spacial score (nSPS) is 16.3. The van der Waals surface area contributed by atoms with Crippen LogP contribution in [0.15, 0.2) is 18.5 Å². The number of aromatic nitrogens is 1. The van der Waals surface area contributed by atoms with Gasteiger partial charge in [0, 0.05) is 38.0 Å². The van der Waals surface area contributed by atoms with Crippen molar-refractivity contribution < 1.29 is 9.90 Å². The summed E-state index contributed by atoms with van der Waals surface area (Å²) in [6.07, 6.45) is 3.02. The van der Waals surface area contributed by atoms with E-state index in [4.69, 9.17) is 16.7 Å². The van der Waals surface area contributed by atoms with Crippen LogP contribution < -0.4 is 0 Å². The van der Waals surface area contributed by atoms with Crippen molar-refractivity contribution in [1.29, 1.82) is 0 Å². The number of amides is 1. The van der Waals surface area contributed by atoms with Gasteiger partial charge in [0.2, 0.25) is 0 Å². The number of hydrogen-bond donors (Lipinski definition) is 1. The third kappa shape index (κ3) is 1.96. The Hall–Kier alpha value is -1.13. The molecule has 0 aromatic carbocycles. The molecule has 0 saturated carbocycles. The Morgan fingerprint density at radius 1 is 1.67 bits per heavy atom. The SMILES string of the molecule is O=C(c1cnccc1Cl)N1CC(CO)C1. The first kappa shape index (κ1) is 10.4. The number of rotatable bonds is 2. The fraction of sp³-hybridized carbons (Fsp3) is 0.400. The molecule has 1 fully saturated rings. The van der Waals surface area contributed by atoms with Crippen molar-refractivity contribution in [3.8, 4) is 0 Å². The molecule has 0 spiro atoms. The maximum atomic E-state index is 11.8. The van der Waals surface area contributed by atoms with Gasteiger partial charge in [-0.15, -0.1) is 0 Å². The van der Waals surface area contributed by atoms with E-state index < -0.39 is 0 Å². The van der Waals surface area contributed by atoms with Crippen molar-refractivity contribution in [3.05, 3.63) is 29.0 Å². The van der Waals surface area contributed by atoms with E-state index in [9.17, 15) is 4.79 Å². The summed E-state index contributed by atoms with van der Waals surface area (Å²) < 4.78 is 0. The van der Waals surface area contributed by atoms with Crippen LogP contribution in [-0.2, 0) is 0 Å². The lowest BCUT2D eigenvalue weighted by atomic mass is 10.0. The van der Waals surface area contributed by atoms with Crippen molar-refractivity contribution in [2.24, 2.45) is 5.92 Å². The van der Waals surface area contributed by atoms with Gasteiger partial charge in [0.25, 0.3) is 5.91 Å². The fourth-order valence-corrected chi connectivity index (χ4v) is 1.74. The molecule has 1 saturated heterocycles. The summed E-state index contributed by atoms with van der Waals surface area (Å²) in [6, 6.07) is 1.60. The minimum absolute atomic E-state index is 0.113. The smallest absolute Gasteiger partial charge is 0.256 e. The van der Waals surface area contributed by atoms with Crippen molar-refractivity contribution in [2.45, 2.75) is 0 Å². The van der Waals surface area contributed by atoms with Gasteiger partial charge in [0.05, 0.1) is 10.6 Å². The highest BCUT2D eigenvalue weighted by atomic mass is 35.5. The molecule has 0 radical (unpaired) electrons. The molecular weight excluding hydrogens is 216 g/mol. The van der Waals surface area contributed by atoms with Crippen LogP contribution in [0.5, 0.6) is 0 Å². The number of carbonyl (C=O) groups excluding carboxylic acids is 1. The van der Waals surface area contributed by atoms with Gasteiger partial charge in [-0.05, 0) is 6.07 Å². The number of carbonyl (C=O) groups is 1. The zero-order valence-corrected chi connectivity index (χ0v) is 8.81. The van der Waals surface area contributed by atoms with E-state index in [1.165, 1.54) is 6.20 Å². The highest BCUT2D eigenvalue weighted by Crippen LogP contribution is 2.21. The predicted molar refractivity (Wildman–Crippen MR) is 55.7 cm³/mol. The highest BCUT2D eigenvalue weighted by molar-refractivity contribution is 6.33. The Balaban J connectivity index is 2.07. The lowest BCUT2D eigenvalue weighted by Crippen LogP contribution is -2.51. The molecule has 1 aliphatic heterocycles. The van der Waals surface area contributed by atoms with Crippen molar-refractivity contribution in [1.82, 2.24) is 9.88 Å². The lowest BCUT2D eigenvalue weighted by Gasteiger charge is -2.38. The molecule has 0 bridgehead atoms. The maximum Gasteiger partial charge on any atom is 0.256 e. The summed E-state index contributed by atoms with van der Waals surface area (Å²) in [5.41, 5.74) is 0.426. The first-order valence-electron chi connectivity index (χ1n) is 4.72. The van der Waals surface area contributed by atoms with Crippen LogP contribution in [0.1, 0.15) is 10.4 Å². The second kappa shape index (κ2) is 4.16. The second-order valence-electron chi connectivity index (χ2n) is 3.61. The van der Waals surface area contributed by atoms with Crippen LogP contribution in [0.2, 0.25) is 5.02 Å². The lowest BCUT2D eigenvalue weighted by molar-refractivity contribution is 0.0362. The second-order valence-corrected chi connectivity index (χ2v) is 4.02. The molecule has 2 rings (SSSR count). The van der Waals surface area contributed by atoms with Crippen LogP contribution in [0.25, 0.3) is 0 Å². The molecule has 1 amide bonds. The average Bonchev–Trinajstić information content (AvgIpc) is 2.16. The molecule has 0 unspecified atom stereocenters. The number of aliphatic hydroxyl groups is 1. The molecule has 1 aromatic heterocycles. The molecule has 1 aromatic rings. The van der Waals surface area contributed by atoms with Gasteiger partial charge in [-0.25, -0.2) is 0 Å². The summed E-state index contributed by atoms with van der Waals surface area (Å²) in [4.78, 5) is 17.4. The molecule has 0 atom stereocenters. The van der Waals surface area contributed by atoms with Crippen molar-refractivity contribution in [2.75, 3.05) is 19.7 Å². The quantitative estimate of drug-likeness (QED) is 0.812. The fourth-order valence-electron chi connectivity index (χ4n) is 1.56. The van der Waals surface area contributed by atoms with E-state index in [2.05, 4.69) is 4.98 Å². The van der Waals surface area contributed by atoms with E-state index in [-0.39, 0.29) is 18.4 Å². The molecule has 4 nitrogen and oxygen atoms in total. The van der Waals surface area contributed by atoms with Gasteiger partial charge in [0.1, 0.15) is 0 Å². The van der Waals surface area contributed by atoms with E-state index in [0.717, 1.165) is 0 Å². The number of aliphatic hydroxyl groups excluding tert-OH is 1. The van der Waals surface area contributed by atoms with Gasteiger partial charge in [-0.3, -0.25) is 9.78 Å². The molecule has 5 heteroatoms. The van der Waals surface area contributed by atoms with Crippen LogP contribution in [0, 0.1) is 5.92 Å². The third-order valence-corrected chi connectivity index (χ3v) is 2.83. The summed E-state index contributed by atoms with van der Waals surface area (Å²) in [7, 11) is 0. The molecule has 1 N–H and O–H groups in total.